The summed E-state index contributed by atoms with van der Waals surface area (Å²) in [4.78, 5) is 0.448. The molecule has 0 unspecified atom stereocenters. The highest BCUT2D eigenvalue weighted by molar-refractivity contribution is 7.89. The smallest absolute Gasteiger partial charge is 0.238 e. The summed E-state index contributed by atoms with van der Waals surface area (Å²) in [5.41, 5.74) is 1.49. The van der Waals surface area contributed by atoms with Gasteiger partial charge in [0.2, 0.25) is 10.0 Å². The van der Waals surface area contributed by atoms with Crippen molar-refractivity contribution in [2.75, 3.05) is 0 Å². The average Bonchev–Trinajstić information content (AvgIpc) is 2.71. The number of sulfonamides is 1. The first-order valence-electron chi connectivity index (χ1n) is 5.40. The fraction of sp³-hybridized carbons (Fsp3) is 0.0833. The van der Waals surface area contributed by atoms with Crippen LogP contribution in [0.1, 0.15) is 0 Å². The number of nitrogens with two attached hydrogens (primary N) is 1. The molecule has 100 valence electrons. The van der Waals surface area contributed by atoms with E-state index in [4.69, 9.17) is 10.5 Å². The molecule has 5 nitrogen and oxygen atoms in total. The highest BCUT2D eigenvalue weighted by Gasteiger charge is 2.11. The number of nitrogens with zero attached hydrogens (tertiary/aromatic N) is 1. The van der Waals surface area contributed by atoms with Crippen molar-refractivity contribution in [1.82, 2.24) is 4.57 Å². The molecule has 0 aliphatic heterocycles. The van der Waals surface area contributed by atoms with E-state index < -0.39 is 10.0 Å². The Morgan fingerprint density at radius 3 is 2.84 bits per heavy atom. The fourth-order valence-corrected chi connectivity index (χ4v) is 3.06. The van der Waals surface area contributed by atoms with Gasteiger partial charge in [0.15, 0.2) is 4.80 Å². The highest BCUT2D eigenvalue weighted by atomic mass is 32.2. The SMILES string of the molecule is C=CCn1c(-c2cccc(S(N)(=O)=O)c2)csc1=N. The largest absolute Gasteiger partial charge is 0.313 e. The number of benzene rings is 1. The minimum absolute atomic E-state index is 0.0629. The van der Waals surface area contributed by atoms with E-state index in [1.54, 1.807) is 22.8 Å². The Kier molecular flexibility index (Phi) is 3.70. The molecule has 0 radical (unpaired) electrons. The molecule has 1 aromatic carbocycles. The highest BCUT2D eigenvalue weighted by Crippen LogP contribution is 2.22. The van der Waals surface area contributed by atoms with Crippen LogP contribution in [0.4, 0.5) is 0 Å². The van der Waals surface area contributed by atoms with E-state index in [9.17, 15) is 8.42 Å². The molecule has 0 bridgehead atoms. The predicted octanol–water partition coefficient (Wildman–Crippen LogP) is 1.53. The lowest BCUT2D eigenvalue weighted by molar-refractivity contribution is 0.598. The lowest BCUT2D eigenvalue weighted by Crippen LogP contribution is -2.14. The van der Waals surface area contributed by atoms with Crippen LogP contribution >= 0.6 is 11.3 Å². The summed E-state index contributed by atoms with van der Waals surface area (Å²) in [7, 11) is -3.72. The Morgan fingerprint density at radius 2 is 2.21 bits per heavy atom. The van der Waals surface area contributed by atoms with Crippen LogP contribution < -0.4 is 9.94 Å². The molecule has 0 aliphatic carbocycles. The third kappa shape index (κ3) is 2.83. The van der Waals surface area contributed by atoms with E-state index in [2.05, 4.69) is 6.58 Å². The molecule has 0 saturated heterocycles. The van der Waals surface area contributed by atoms with E-state index in [1.807, 2.05) is 5.38 Å². The van der Waals surface area contributed by atoms with Gasteiger partial charge in [0.05, 0.1) is 10.6 Å². The molecule has 7 heteroatoms. The average molecular weight is 295 g/mol. The number of aromatic nitrogens is 1. The molecule has 0 amide bonds. The summed E-state index contributed by atoms with van der Waals surface area (Å²) in [6, 6.07) is 6.38. The van der Waals surface area contributed by atoms with E-state index in [1.165, 1.54) is 23.5 Å². The molecule has 1 aromatic heterocycles. The topological polar surface area (TPSA) is 88.9 Å². The van der Waals surface area contributed by atoms with Crippen molar-refractivity contribution in [1.29, 1.82) is 5.41 Å². The zero-order valence-corrected chi connectivity index (χ0v) is 11.7. The number of hydrogen-bond donors (Lipinski definition) is 2. The second-order valence-corrected chi connectivity index (χ2v) is 6.32. The van der Waals surface area contributed by atoms with Crippen molar-refractivity contribution < 1.29 is 8.42 Å². The van der Waals surface area contributed by atoms with E-state index in [0.29, 0.717) is 16.9 Å². The minimum atomic E-state index is -3.72. The van der Waals surface area contributed by atoms with Crippen molar-refractivity contribution >= 4 is 21.4 Å². The lowest BCUT2D eigenvalue weighted by Gasteiger charge is -2.07. The number of rotatable bonds is 4. The van der Waals surface area contributed by atoms with Crippen molar-refractivity contribution in [2.45, 2.75) is 11.4 Å². The Balaban J connectivity index is 2.60. The molecular formula is C12H13N3O2S2. The Labute approximate surface area is 115 Å². The first-order chi connectivity index (χ1) is 8.93. The summed E-state index contributed by atoms with van der Waals surface area (Å²) >= 11 is 1.28. The van der Waals surface area contributed by atoms with Gasteiger partial charge in [-0.05, 0) is 12.1 Å². The second kappa shape index (κ2) is 5.12. The summed E-state index contributed by atoms with van der Waals surface area (Å²) in [5.74, 6) is 0. The molecule has 2 aromatic rings. The number of hydrogen-bond acceptors (Lipinski definition) is 4. The van der Waals surface area contributed by atoms with Crippen molar-refractivity contribution in [3.05, 3.63) is 47.1 Å². The first kappa shape index (κ1) is 13.7. The van der Waals surface area contributed by atoms with Crippen LogP contribution in [0.25, 0.3) is 11.3 Å². The molecule has 3 N–H and O–H groups in total. The number of allylic oxidation sites excluding steroid dienone is 1. The zero-order valence-electron chi connectivity index (χ0n) is 10.0. The minimum Gasteiger partial charge on any atom is -0.313 e. The van der Waals surface area contributed by atoms with Crippen LogP contribution in [0.3, 0.4) is 0 Å². The maximum atomic E-state index is 11.4. The van der Waals surface area contributed by atoms with E-state index >= 15 is 0 Å². The van der Waals surface area contributed by atoms with Gasteiger partial charge in [0, 0.05) is 17.5 Å². The van der Waals surface area contributed by atoms with E-state index in [-0.39, 0.29) is 4.90 Å². The van der Waals surface area contributed by atoms with Crippen LogP contribution in [0.2, 0.25) is 0 Å². The molecule has 2 rings (SSSR count). The van der Waals surface area contributed by atoms with Crippen LogP contribution in [0.5, 0.6) is 0 Å². The molecule has 0 atom stereocenters. The summed E-state index contributed by atoms with van der Waals surface area (Å²) in [6.07, 6.45) is 1.69. The molecule has 0 aliphatic rings. The maximum absolute atomic E-state index is 11.4. The molecule has 1 heterocycles. The van der Waals surface area contributed by atoms with Gasteiger partial charge >= 0.3 is 0 Å². The summed E-state index contributed by atoms with van der Waals surface area (Å²) < 4.78 is 24.5. The van der Waals surface area contributed by atoms with E-state index in [0.717, 1.165) is 5.69 Å². The zero-order chi connectivity index (χ0) is 14.0. The quantitative estimate of drug-likeness (QED) is 0.838. The number of nitrogens with one attached hydrogen (secondary N) is 1. The van der Waals surface area contributed by atoms with Gasteiger partial charge in [0.1, 0.15) is 0 Å². The Bertz CT molecular complexity index is 772. The lowest BCUT2D eigenvalue weighted by atomic mass is 10.2. The van der Waals surface area contributed by atoms with Gasteiger partial charge in [0.25, 0.3) is 0 Å². The van der Waals surface area contributed by atoms with Crippen molar-refractivity contribution in [3.63, 3.8) is 0 Å². The third-order valence-electron chi connectivity index (χ3n) is 2.59. The Morgan fingerprint density at radius 1 is 1.47 bits per heavy atom. The van der Waals surface area contributed by atoms with Gasteiger partial charge in [-0.1, -0.05) is 18.2 Å². The van der Waals surface area contributed by atoms with Crippen LogP contribution in [0.15, 0.2) is 47.2 Å². The summed E-state index contributed by atoms with van der Waals surface area (Å²) in [5, 5.41) is 14.7. The van der Waals surface area contributed by atoms with Gasteiger partial charge in [-0.3, -0.25) is 5.41 Å². The standard InChI is InChI=1S/C12H13N3O2S2/c1-2-6-15-11(8-18-12(15)13)9-4-3-5-10(7-9)19(14,16)17/h2-5,7-8,13H,1,6H2,(H2,14,16,17). The van der Waals surface area contributed by atoms with Crippen LogP contribution in [0, 0.1) is 5.41 Å². The third-order valence-corrected chi connectivity index (χ3v) is 4.28. The van der Waals surface area contributed by atoms with Gasteiger partial charge in [-0.15, -0.1) is 17.9 Å². The Hall–Kier alpha value is -1.70. The van der Waals surface area contributed by atoms with Gasteiger partial charge in [-0.2, -0.15) is 0 Å². The molecule has 19 heavy (non-hydrogen) atoms. The molecular weight excluding hydrogens is 282 g/mol. The predicted molar refractivity (Wildman–Crippen MR) is 75.2 cm³/mol. The fourth-order valence-electron chi connectivity index (χ4n) is 1.71. The van der Waals surface area contributed by atoms with Crippen molar-refractivity contribution in [2.24, 2.45) is 5.14 Å². The monoisotopic (exact) mass is 295 g/mol. The molecule has 0 saturated carbocycles. The van der Waals surface area contributed by atoms with Crippen LogP contribution in [-0.4, -0.2) is 13.0 Å². The molecule has 0 fully saturated rings. The first-order valence-corrected chi connectivity index (χ1v) is 7.83. The number of thiazole rings is 1. The van der Waals surface area contributed by atoms with Gasteiger partial charge in [-0.25, -0.2) is 13.6 Å². The van der Waals surface area contributed by atoms with Gasteiger partial charge < -0.3 is 4.57 Å². The maximum Gasteiger partial charge on any atom is 0.238 e. The second-order valence-electron chi connectivity index (χ2n) is 3.90. The number of primary sulfonamides is 1. The van der Waals surface area contributed by atoms with Crippen molar-refractivity contribution in [3.8, 4) is 11.3 Å². The molecule has 0 spiro atoms. The normalized spacial score (nSPS) is 11.4. The summed E-state index contributed by atoms with van der Waals surface area (Å²) in [6.45, 7) is 4.15. The van der Waals surface area contributed by atoms with Crippen LogP contribution in [-0.2, 0) is 16.6 Å².